The van der Waals surface area contributed by atoms with Crippen molar-refractivity contribution in [1.29, 1.82) is 0 Å². The number of benzene rings is 1. The molecule has 1 spiro atoms. The number of ether oxygens (including phenoxy) is 2. The smallest absolute Gasteiger partial charge is 0.245 e. The van der Waals surface area contributed by atoms with Crippen LogP contribution in [0.5, 0.6) is 0 Å². The maximum Gasteiger partial charge on any atom is 0.245 e. The number of aryl methyl sites for hydroxylation is 1. The van der Waals surface area contributed by atoms with Gasteiger partial charge in [-0.3, -0.25) is 4.79 Å². The number of rotatable bonds is 7. The highest BCUT2D eigenvalue weighted by atomic mass is 32.2. The summed E-state index contributed by atoms with van der Waals surface area (Å²) in [7, 11) is -2.00. The molecular weight excluding hydrogens is 356 g/mol. The van der Waals surface area contributed by atoms with Gasteiger partial charge in [-0.2, -0.15) is 4.31 Å². The third-order valence-electron chi connectivity index (χ3n) is 5.24. The monoisotopic (exact) mass is 382 g/mol. The maximum absolute atomic E-state index is 12.7. The molecule has 3 rings (SSSR count). The van der Waals surface area contributed by atoms with Crippen LogP contribution >= 0.6 is 0 Å². The number of carbonyl (C=O) groups excluding carboxylic acids is 1. The molecule has 2 heterocycles. The third-order valence-corrected chi connectivity index (χ3v) is 7.04. The predicted octanol–water partition coefficient (Wildman–Crippen LogP) is 0.927. The zero-order chi connectivity index (χ0) is 18.8. The Bertz CT molecular complexity index is 741. The minimum absolute atomic E-state index is 0.0505. The number of methoxy groups -OCH3 is 1. The molecule has 2 fully saturated rings. The summed E-state index contributed by atoms with van der Waals surface area (Å²) < 4.78 is 37.7. The summed E-state index contributed by atoms with van der Waals surface area (Å²) in [5, 5.41) is 2.82. The van der Waals surface area contributed by atoms with E-state index in [1.807, 2.05) is 6.92 Å². The fourth-order valence-corrected chi connectivity index (χ4v) is 5.25. The van der Waals surface area contributed by atoms with Crippen LogP contribution in [0.2, 0.25) is 0 Å². The molecule has 8 heteroatoms. The van der Waals surface area contributed by atoms with Crippen molar-refractivity contribution in [3.8, 4) is 0 Å². The Hall–Kier alpha value is -1.48. The summed E-state index contributed by atoms with van der Waals surface area (Å²) >= 11 is 0. The lowest BCUT2D eigenvalue weighted by atomic mass is 9.80. The van der Waals surface area contributed by atoms with E-state index >= 15 is 0 Å². The van der Waals surface area contributed by atoms with Crippen molar-refractivity contribution in [3.63, 3.8) is 0 Å². The molecule has 1 aromatic rings. The van der Waals surface area contributed by atoms with Crippen LogP contribution in [-0.4, -0.2) is 64.2 Å². The normalized spacial score (nSPS) is 22.3. The highest BCUT2D eigenvalue weighted by molar-refractivity contribution is 7.89. The van der Waals surface area contributed by atoms with Crippen molar-refractivity contribution < 1.29 is 22.7 Å². The van der Waals surface area contributed by atoms with Gasteiger partial charge in [0.2, 0.25) is 15.9 Å². The fraction of sp³-hybridized carbons (Fsp3) is 0.611. The topological polar surface area (TPSA) is 84.9 Å². The summed E-state index contributed by atoms with van der Waals surface area (Å²) in [4.78, 5) is 11.8. The van der Waals surface area contributed by atoms with Crippen LogP contribution in [0.15, 0.2) is 29.2 Å². The Morgan fingerprint density at radius 3 is 2.69 bits per heavy atom. The van der Waals surface area contributed by atoms with Crippen molar-refractivity contribution in [2.45, 2.75) is 30.3 Å². The largest absolute Gasteiger partial charge is 0.375 e. The average Bonchev–Trinajstić information content (AvgIpc) is 2.98. The second-order valence-corrected chi connectivity index (χ2v) is 8.99. The first-order valence-corrected chi connectivity index (χ1v) is 10.3. The van der Waals surface area contributed by atoms with Crippen molar-refractivity contribution >= 4 is 15.9 Å². The molecule has 2 aliphatic rings. The van der Waals surface area contributed by atoms with E-state index in [0.29, 0.717) is 31.1 Å². The summed E-state index contributed by atoms with van der Waals surface area (Å²) in [6.07, 6.45) is 1.66. The first kappa shape index (κ1) is 19.3. The first-order chi connectivity index (χ1) is 12.4. The number of amides is 1. The van der Waals surface area contributed by atoms with Crippen LogP contribution in [0.1, 0.15) is 18.4 Å². The number of nitrogens with one attached hydrogen (secondary N) is 1. The SMILES string of the molecule is COCC(=O)NCC[C@H]1CCOC12CN(S(=O)(=O)c1ccc(C)cc1)C2. The lowest BCUT2D eigenvalue weighted by molar-refractivity contribution is -0.125. The molecule has 1 atom stereocenters. The van der Waals surface area contributed by atoms with E-state index in [1.54, 1.807) is 24.3 Å². The van der Waals surface area contributed by atoms with Gasteiger partial charge in [-0.05, 0) is 37.8 Å². The fourth-order valence-electron chi connectivity index (χ4n) is 3.69. The Balaban J connectivity index is 1.57. The van der Waals surface area contributed by atoms with E-state index in [4.69, 9.17) is 9.47 Å². The van der Waals surface area contributed by atoms with Crippen LogP contribution in [0.25, 0.3) is 0 Å². The molecule has 0 aromatic heterocycles. The Morgan fingerprint density at radius 1 is 1.35 bits per heavy atom. The Kier molecular flexibility index (Phi) is 5.67. The lowest BCUT2D eigenvalue weighted by Gasteiger charge is -2.49. The maximum atomic E-state index is 12.7. The molecule has 26 heavy (non-hydrogen) atoms. The van der Waals surface area contributed by atoms with Crippen LogP contribution in [0.3, 0.4) is 0 Å². The Morgan fingerprint density at radius 2 is 2.04 bits per heavy atom. The quantitative estimate of drug-likeness (QED) is 0.758. The van der Waals surface area contributed by atoms with Gasteiger partial charge in [0, 0.05) is 33.4 Å². The number of carbonyl (C=O) groups is 1. The molecule has 0 bridgehead atoms. The molecular formula is C18H26N2O5S. The molecule has 0 saturated carbocycles. The van der Waals surface area contributed by atoms with Gasteiger partial charge in [0.1, 0.15) is 6.61 Å². The summed E-state index contributed by atoms with van der Waals surface area (Å²) in [5.41, 5.74) is 0.614. The molecule has 0 aliphatic carbocycles. The molecule has 1 amide bonds. The van der Waals surface area contributed by atoms with E-state index in [9.17, 15) is 13.2 Å². The average molecular weight is 382 g/mol. The second-order valence-electron chi connectivity index (χ2n) is 7.06. The van der Waals surface area contributed by atoms with Crippen LogP contribution < -0.4 is 5.32 Å². The minimum atomic E-state index is -3.48. The molecule has 1 aromatic carbocycles. The summed E-state index contributed by atoms with van der Waals surface area (Å²) in [5.74, 6) is 0.104. The van der Waals surface area contributed by atoms with Crippen molar-refractivity contribution in [3.05, 3.63) is 29.8 Å². The molecule has 0 radical (unpaired) electrons. The summed E-state index contributed by atoms with van der Waals surface area (Å²) in [6.45, 7) is 3.91. The molecule has 144 valence electrons. The molecule has 2 saturated heterocycles. The predicted molar refractivity (Wildman–Crippen MR) is 96.2 cm³/mol. The zero-order valence-electron chi connectivity index (χ0n) is 15.2. The summed E-state index contributed by atoms with van der Waals surface area (Å²) in [6, 6.07) is 6.90. The van der Waals surface area contributed by atoms with Crippen molar-refractivity contribution in [2.75, 3.05) is 40.0 Å². The van der Waals surface area contributed by atoms with E-state index in [0.717, 1.165) is 18.4 Å². The van der Waals surface area contributed by atoms with Crippen molar-refractivity contribution in [2.24, 2.45) is 5.92 Å². The van der Waals surface area contributed by atoms with Gasteiger partial charge in [0.15, 0.2) is 0 Å². The number of hydrogen-bond donors (Lipinski definition) is 1. The Labute approximate surface area is 154 Å². The van der Waals surface area contributed by atoms with Crippen molar-refractivity contribution in [1.82, 2.24) is 9.62 Å². The minimum Gasteiger partial charge on any atom is -0.375 e. The zero-order valence-corrected chi connectivity index (χ0v) is 16.0. The van der Waals surface area contributed by atoms with Crippen LogP contribution in [-0.2, 0) is 24.3 Å². The second kappa shape index (κ2) is 7.64. The highest BCUT2D eigenvalue weighted by Crippen LogP contribution is 2.43. The van der Waals surface area contributed by atoms with E-state index < -0.39 is 15.6 Å². The van der Waals surface area contributed by atoms with Gasteiger partial charge < -0.3 is 14.8 Å². The highest BCUT2D eigenvalue weighted by Gasteiger charge is 2.56. The molecule has 1 N–H and O–H groups in total. The van der Waals surface area contributed by atoms with E-state index in [2.05, 4.69) is 5.32 Å². The van der Waals surface area contributed by atoms with Crippen LogP contribution in [0.4, 0.5) is 0 Å². The van der Waals surface area contributed by atoms with Gasteiger partial charge in [0.05, 0.1) is 10.5 Å². The van der Waals surface area contributed by atoms with E-state index in [1.165, 1.54) is 11.4 Å². The first-order valence-electron chi connectivity index (χ1n) is 8.84. The van der Waals surface area contributed by atoms with Crippen LogP contribution in [0, 0.1) is 12.8 Å². The molecule has 0 unspecified atom stereocenters. The van der Waals surface area contributed by atoms with E-state index in [-0.39, 0.29) is 18.4 Å². The van der Waals surface area contributed by atoms with Gasteiger partial charge in [0.25, 0.3) is 0 Å². The number of nitrogens with zero attached hydrogens (tertiary/aromatic N) is 1. The third kappa shape index (κ3) is 3.78. The molecule has 2 aliphatic heterocycles. The standard InChI is InChI=1S/C18H26N2O5S/c1-14-3-5-16(6-4-14)26(22,23)20-12-18(13-20)15(8-10-25-18)7-9-19-17(21)11-24-2/h3-6,15H,7-13H2,1-2H3,(H,19,21)/t15-/m0/s1. The van der Waals surface area contributed by atoms with Gasteiger partial charge in [-0.15, -0.1) is 0 Å². The van der Waals surface area contributed by atoms with Gasteiger partial charge in [-0.25, -0.2) is 8.42 Å². The number of hydrogen-bond acceptors (Lipinski definition) is 5. The lowest BCUT2D eigenvalue weighted by Crippen LogP contribution is -2.66. The van der Waals surface area contributed by atoms with Gasteiger partial charge in [-0.1, -0.05) is 17.7 Å². The molecule has 7 nitrogen and oxygen atoms in total. The van der Waals surface area contributed by atoms with Gasteiger partial charge >= 0.3 is 0 Å². The number of sulfonamides is 1.